The Morgan fingerprint density at radius 2 is 1.77 bits per heavy atom. The lowest BCUT2D eigenvalue weighted by Crippen LogP contribution is -2.38. The average Bonchev–Trinajstić information content (AvgIpc) is 3.42. The topological polar surface area (TPSA) is 92.7 Å². The van der Waals surface area contributed by atoms with E-state index < -0.39 is 23.8 Å². The van der Waals surface area contributed by atoms with E-state index in [4.69, 9.17) is 4.74 Å². The van der Waals surface area contributed by atoms with Crippen molar-refractivity contribution in [2.24, 2.45) is 23.7 Å². The summed E-state index contributed by atoms with van der Waals surface area (Å²) in [4.78, 5) is 37.9. The quantitative estimate of drug-likeness (QED) is 0.510. The number of ether oxygens (including phenoxy) is 1. The van der Waals surface area contributed by atoms with Gasteiger partial charge in [-0.25, -0.2) is 4.79 Å². The Hall–Kier alpha value is -2.19. The Morgan fingerprint density at radius 1 is 1.13 bits per heavy atom. The van der Waals surface area contributed by atoms with Gasteiger partial charge in [-0.05, 0) is 62.6 Å². The number of thiophene rings is 1. The number of hydrogen-bond donors (Lipinski definition) is 2. The van der Waals surface area contributed by atoms with Crippen LogP contribution in [-0.2, 0) is 14.3 Å². The van der Waals surface area contributed by atoms with E-state index >= 15 is 0 Å². The van der Waals surface area contributed by atoms with Crippen LogP contribution >= 0.6 is 27.3 Å². The predicted octanol–water partition coefficient (Wildman–Crippen LogP) is 5.43. The van der Waals surface area contributed by atoms with Gasteiger partial charge in [0.1, 0.15) is 10.6 Å². The zero-order valence-electron chi connectivity index (χ0n) is 17.3. The first kappa shape index (κ1) is 22.0. The molecule has 2 saturated carbocycles. The van der Waals surface area contributed by atoms with Gasteiger partial charge in [0.05, 0.1) is 17.9 Å². The SMILES string of the molecule is CC(C)OC(=O)c1c(-c2ccc(Br)cc2)csc1NC(=O)[C@H]1[C@H]2CC[C@@H](C2)[C@H]1C(=O)O. The van der Waals surface area contributed by atoms with Crippen LogP contribution in [0.3, 0.4) is 0 Å². The molecule has 4 rings (SSSR count). The summed E-state index contributed by atoms with van der Waals surface area (Å²) in [6.45, 7) is 3.54. The molecule has 8 heteroatoms. The van der Waals surface area contributed by atoms with Crippen molar-refractivity contribution in [3.05, 3.63) is 39.7 Å². The van der Waals surface area contributed by atoms with Gasteiger partial charge in [-0.3, -0.25) is 9.59 Å². The fourth-order valence-corrected chi connectivity index (χ4v) is 6.21. The minimum absolute atomic E-state index is 0.0605. The van der Waals surface area contributed by atoms with E-state index in [1.54, 1.807) is 13.8 Å². The summed E-state index contributed by atoms with van der Waals surface area (Å²) in [5.74, 6) is -2.81. The van der Waals surface area contributed by atoms with E-state index in [0.29, 0.717) is 16.1 Å². The summed E-state index contributed by atoms with van der Waals surface area (Å²) in [5, 5.41) is 14.8. The number of carboxylic acid groups (broad SMARTS) is 1. The minimum atomic E-state index is -0.909. The van der Waals surface area contributed by atoms with Crippen molar-refractivity contribution in [1.82, 2.24) is 0 Å². The van der Waals surface area contributed by atoms with Crippen LogP contribution in [0.25, 0.3) is 11.1 Å². The number of carbonyl (C=O) groups excluding carboxylic acids is 2. The van der Waals surface area contributed by atoms with Crippen LogP contribution in [0.2, 0.25) is 0 Å². The number of amides is 1. The van der Waals surface area contributed by atoms with Gasteiger partial charge < -0.3 is 15.2 Å². The van der Waals surface area contributed by atoms with Crippen molar-refractivity contribution in [2.45, 2.75) is 39.2 Å². The van der Waals surface area contributed by atoms with Gasteiger partial charge in [0.25, 0.3) is 0 Å². The number of anilines is 1. The molecule has 2 bridgehead atoms. The smallest absolute Gasteiger partial charge is 0.342 e. The van der Waals surface area contributed by atoms with E-state index in [2.05, 4.69) is 21.2 Å². The highest BCUT2D eigenvalue weighted by Gasteiger charge is 2.54. The summed E-state index contributed by atoms with van der Waals surface area (Å²) in [7, 11) is 0. The molecule has 6 nitrogen and oxygen atoms in total. The van der Waals surface area contributed by atoms with E-state index in [9.17, 15) is 19.5 Å². The maximum Gasteiger partial charge on any atom is 0.342 e. The molecule has 2 fully saturated rings. The molecule has 4 atom stereocenters. The molecule has 2 aliphatic rings. The van der Waals surface area contributed by atoms with Crippen molar-refractivity contribution < 1.29 is 24.2 Å². The number of fused-ring (bicyclic) bond motifs is 2. The van der Waals surface area contributed by atoms with Gasteiger partial charge in [0.2, 0.25) is 5.91 Å². The van der Waals surface area contributed by atoms with Gasteiger partial charge in [-0.15, -0.1) is 11.3 Å². The number of rotatable bonds is 6. The lowest BCUT2D eigenvalue weighted by atomic mass is 9.79. The lowest BCUT2D eigenvalue weighted by molar-refractivity contribution is -0.148. The number of nitrogens with one attached hydrogen (secondary N) is 1. The molecular weight excluding hydrogens is 482 g/mol. The predicted molar refractivity (Wildman–Crippen MR) is 122 cm³/mol. The van der Waals surface area contributed by atoms with Crippen molar-refractivity contribution in [1.29, 1.82) is 0 Å². The fraction of sp³-hybridized carbons (Fsp3) is 0.435. The average molecular weight is 506 g/mol. The minimum Gasteiger partial charge on any atom is -0.481 e. The molecule has 2 aliphatic carbocycles. The van der Waals surface area contributed by atoms with E-state index in [1.165, 1.54) is 11.3 Å². The monoisotopic (exact) mass is 505 g/mol. The summed E-state index contributed by atoms with van der Waals surface area (Å²) in [5.41, 5.74) is 1.82. The number of carbonyl (C=O) groups is 3. The highest BCUT2D eigenvalue weighted by atomic mass is 79.9. The van der Waals surface area contributed by atoms with Gasteiger partial charge in [-0.1, -0.05) is 28.1 Å². The van der Waals surface area contributed by atoms with E-state index in [-0.39, 0.29) is 23.8 Å². The molecule has 1 amide bonds. The molecule has 2 aromatic rings. The lowest BCUT2D eigenvalue weighted by Gasteiger charge is -2.27. The third kappa shape index (κ3) is 4.28. The molecule has 0 aliphatic heterocycles. The first-order valence-corrected chi connectivity index (χ1v) is 12.1. The second kappa shape index (κ2) is 8.74. The van der Waals surface area contributed by atoms with Crippen molar-refractivity contribution in [3.63, 3.8) is 0 Å². The summed E-state index contributed by atoms with van der Waals surface area (Å²) in [6.07, 6.45) is 2.22. The normalized spacial score (nSPS) is 24.4. The van der Waals surface area contributed by atoms with Crippen LogP contribution in [0.15, 0.2) is 34.1 Å². The molecular formula is C23H24BrNO5S. The molecule has 0 saturated heterocycles. The van der Waals surface area contributed by atoms with Crippen LogP contribution < -0.4 is 5.32 Å². The summed E-state index contributed by atoms with van der Waals surface area (Å²) < 4.78 is 6.37. The molecule has 0 radical (unpaired) electrons. The molecule has 164 valence electrons. The van der Waals surface area contributed by atoms with Crippen LogP contribution in [-0.4, -0.2) is 29.1 Å². The largest absolute Gasteiger partial charge is 0.481 e. The van der Waals surface area contributed by atoms with Crippen LogP contribution in [0.1, 0.15) is 43.5 Å². The number of aliphatic carboxylic acids is 1. The number of carboxylic acids is 1. The molecule has 2 N–H and O–H groups in total. The summed E-state index contributed by atoms with van der Waals surface area (Å²) >= 11 is 4.67. The highest BCUT2D eigenvalue weighted by Crippen LogP contribution is 2.53. The van der Waals surface area contributed by atoms with Gasteiger partial charge in [-0.2, -0.15) is 0 Å². The third-order valence-corrected chi connectivity index (χ3v) is 7.66. The second-order valence-corrected chi connectivity index (χ2v) is 10.3. The Balaban J connectivity index is 1.66. The standard InChI is InChI=1S/C23H24BrNO5S/c1-11(2)30-23(29)19-16(12-5-7-15(24)8-6-12)10-31-21(19)25-20(26)17-13-3-4-14(9-13)18(17)22(27)28/h5-8,10-11,13-14,17-18H,3-4,9H2,1-2H3,(H,25,26)(H,27,28)/t13-,14-,17-,18+/m0/s1. The van der Waals surface area contributed by atoms with Gasteiger partial charge >= 0.3 is 11.9 Å². The highest BCUT2D eigenvalue weighted by molar-refractivity contribution is 9.10. The Kier molecular flexibility index (Phi) is 6.21. The van der Waals surface area contributed by atoms with E-state index in [0.717, 1.165) is 29.3 Å². The maximum absolute atomic E-state index is 13.2. The third-order valence-electron chi connectivity index (χ3n) is 6.23. The Morgan fingerprint density at radius 3 is 2.39 bits per heavy atom. The molecule has 1 aromatic carbocycles. The van der Waals surface area contributed by atoms with Crippen molar-refractivity contribution in [3.8, 4) is 11.1 Å². The summed E-state index contributed by atoms with van der Waals surface area (Å²) in [6, 6.07) is 7.55. The molecule has 0 unspecified atom stereocenters. The zero-order valence-corrected chi connectivity index (χ0v) is 19.7. The molecule has 31 heavy (non-hydrogen) atoms. The van der Waals surface area contributed by atoms with Crippen molar-refractivity contribution in [2.75, 3.05) is 5.32 Å². The molecule has 1 heterocycles. The maximum atomic E-state index is 13.2. The van der Waals surface area contributed by atoms with Gasteiger partial charge in [0, 0.05) is 15.4 Å². The molecule has 1 aromatic heterocycles. The molecule has 0 spiro atoms. The zero-order chi connectivity index (χ0) is 22.3. The number of halogens is 1. The Bertz CT molecular complexity index is 1020. The van der Waals surface area contributed by atoms with Gasteiger partial charge in [0.15, 0.2) is 0 Å². The first-order valence-electron chi connectivity index (χ1n) is 10.4. The van der Waals surface area contributed by atoms with E-state index in [1.807, 2.05) is 29.6 Å². The number of benzene rings is 1. The van der Waals surface area contributed by atoms with Crippen LogP contribution in [0.5, 0.6) is 0 Å². The number of esters is 1. The second-order valence-electron chi connectivity index (χ2n) is 8.53. The fourth-order valence-electron chi connectivity index (χ4n) is 4.99. The Labute approximate surface area is 193 Å². The van der Waals surface area contributed by atoms with Crippen LogP contribution in [0.4, 0.5) is 5.00 Å². The first-order chi connectivity index (χ1) is 14.8. The number of hydrogen-bond acceptors (Lipinski definition) is 5. The van der Waals surface area contributed by atoms with Crippen LogP contribution in [0, 0.1) is 23.7 Å². The van der Waals surface area contributed by atoms with Crippen molar-refractivity contribution >= 4 is 50.1 Å².